The Kier molecular flexibility index (Phi) is 4.14. The summed E-state index contributed by atoms with van der Waals surface area (Å²) < 4.78 is 10.9. The predicted molar refractivity (Wildman–Crippen MR) is 83.9 cm³/mol. The quantitative estimate of drug-likeness (QED) is 0.675. The summed E-state index contributed by atoms with van der Waals surface area (Å²) in [6.07, 6.45) is 3.72. The van der Waals surface area contributed by atoms with Crippen molar-refractivity contribution in [3.05, 3.63) is 53.0 Å². The number of aromatic nitrogens is 2. The molecule has 0 aliphatic heterocycles. The van der Waals surface area contributed by atoms with E-state index in [-0.39, 0.29) is 5.89 Å². The second-order valence-electron chi connectivity index (χ2n) is 4.91. The Morgan fingerprint density at radius 2 is 2.00 bits per heavy atom. The molecule has 0 atom stereocenters. The standard InChI is InChI=1S/C17H16N2O3/c1-2-3-11-21-13-8-6-12(7-9-13)16-19-15-14(17(20)22-16)5-4-10-18-15/h4-10H,2-3,11H2,1H3. The third-order valence-electron chi connectivity index (χ3n) is 3.27. The highest BCUT2D eigenvalue weighted by Gasteiger charge is 2.09. The molecule has 112 valence electrons. The zero-order valence-electron chi connectivity index (χ0n) is 12.3. The molecule has 0 N–H and O–H groups in total. The Morgan fingerprint density at radius 3 is 2.77 bits per heavy atom. The normalized spacial score (nSPS) is 10.8. The summed E-state index contributed by atoms with van der Waals surface area (Å²) in [6.45, 7) is 2.82. The number of unbranched alkanes of at least 4 members (excludes halogenated alkanes) is 1. The fourth-order valence-electron chi connectivity index (χ4n) is 2.06. The van der Waals surface area contributed by atoms with Crippen molar-refractivity contribution in [1.29, 1.82) is 0 Å². The van der Waals surface area contributed by atoms with E-state index >= 15 is 0 Å². The minimum Gasteiger partial charge on any atom is -0.494 e. The maximum absolute atomic E-state index is 11.9. The van der Waals surface area contributed by atoms with Gasteiger partial charge in [-0.2, -0.15) is 4.98 Å². The lowest BCUT2D eigenvalue weighted by molar-refractivity contribution is 0.309. The highest BCUT2D eigenvalue weighted by molar-refractivity contribution is 5.74. The molecule has 2 aromatic heterocycles. The Labute approximate surface area is 127 Å². The van der Waals surface area contributed by atoms with Crippen LogP contribution in [0.4, 0.5) is 0 Å². The number of benzene rings is 1. The van der Waals surface area contributed by atoms with Crippen LogP contribution in [0.3, 0.4) is 0 Å². The minimum absolute atomic E-state index is 0.260. The maximum Gasteiger partial charge on any atom is 0.348 e. The van der Waals surface area contributed by atoms with Crippen molar-refractivity contribution >= 4 is 11.0 Å². The first-order valence-electron chi connectivity index (χ1n) is 7.27. The lowest BCUT2D eigenvalue weighted by Crippen LogP contribution is -2.03. The molecule has 0 fully saturated rings. The third kappa shape index (κ3) is 2.98. The molecule has 0 saturated heterocycles. The molecular weight excluding hydrogens is 280 g/mol. The smallest absolute Gasteiger partial charge is 0.348 e. The van der Waals surface area contributed by atoms with Crippen molar-refractivity contribution < 1.29 is 9.15 Å². The van der Waals surface area contributed by atoms with Crippen LogP contribution < -0.4 is 10.4 Å². The van der Waals surface area contributed by atoms with Crippen molar-refractivity contribution in [1.82, 2.24) is 9.97 Å². The molecule has 3 rings (SSSR count). The van der Waals surface area contributed by atoms with Crippen LogP contribution in [0, 0.1) is 0 Å². The second kappa shape index (κ2) is 6.39. The van der Waals surface area contributed by atoms with Crippen molar-refractivity contribution in [2.75, 3.05) is 6.61 Å². The summed E-state index contributed by atoms with van der Waals surface area (Å²) >= 11 is 0. The summed E-state index contributed by atoms with van der Waals surface area (Å²) in [7, 11) is 0. The average molecular weight is 296 g/mol. The number of rotatable bonds is 5. The van der Waals surface area contributed by atoms with Crippen LogP contribution in [-0.4, -0.2) is 16.6 Å². The zero-order valence-corrected chi connectivity index (χ0v) is 12.3. The van der Waals surface area contributed by atoms with Gasteiger partial charge in [-0.1, -0.05) is 13.3 Å². The summed E-state index contributed by atoms with van der Waals surface area (Å²) in [5, 5.41) is 0.380. The maximum atomic E-state index is 11.9. The van der Waals surface area contributed by atoms with Gasteiger partial charge in [0.15, 0.2) is 5.65 Å². The van der Waals surface area contributed by atoms with E-state index in [9.17, 15) is 4.79 Å². The molecule has 22 heavy (non-hydrogen) atoms. The molecule has 5 heteroatoms. The lowest BCUT2D eigenvalue weighted by Gasteiger charge is -2.06. The van der Waals surface area contributed by atoms with E-state index in [0.29, 0.717) is 23.2 Å². The molecule has 3 aromatic rings. The van der Waals surface area contributed by atoms with Gasteiger partial charge in [0.1, 0.15) is 11.1 Å². The highest BCUT2D eigenvalue weighted by atomic mass is 16.5. The van der Waals surface area contributed by atoms with E-state index < -0.39 is 5.63 Å². The van der Waals surface area contributed by atoms with Crippen LogP contribution in [0.15, 0.2) is 51.8 Å². The van der Waals surface area contributed by atoms with Crippen LogP contribution in [0.5, 0.6) is 5.75 Å². The minimum atomic E-state index is -0.434. The summed E-state index contributed by atoms with van der Waals surface area (Å²) in [4.78, 5) is 20.3. The molecule has 0 radical (unpaired) electrons. The van der Waals surface area contributed by atoms with Crippen LogP contribution in [0.2, 0.25) is 0 Å². The van der Waals surface area contributed by atoms with Gasteiger partial charge in [0.2, 0.25) is 5.89 Å². The molecule has 0 spiro atoms. The molecule has 1 aromatic carbocycles. The highest BCUT2D eigenvalue weighted by Crippen LogP contribution is 2.21. The molecule has 0 saturated carbocycles. The van der Waals surface area contributed by atoms with Gasteiger partial charge in [0, 0.05) is 11.8 Å². The van der Waals surface area contributed by atoms with E-state index in [1.165, 1.54) is 0 Å². The number of fused-ring (bicyclic) bond motifs is 1. The van der Waals surface area contributed by atoms with Crippen LogP contribution >= 0.6 is 0 Å². The Hall–Kier alpha value is -2.69. The van der Waals surface area contributed by atoms with Crippen LogP contribution in [0.1, 0.15) is 19.8 Å². The van der Waals surface area contributed by atoms with E-state index in [4.69, 9.17) is 9.15 Å². The van der Waals surface area contributed by atoms with E-state index in [1.807, 2.05) is 24.3 Å². The average Bonchev–Trinajstić information content (AvgIpc) is 2.56. The Balaban J connectivity index is 1.89. The van der Waals surface area contributed by atoms with Gasteiger partial charge in [-0.05, 0) is 42.8 Å². The van der Waals surface area contributed by atoms with Gasteiger partial charge in [0.05, 0.1) is 6.61 Å². The predicted octanol–water partition coefficient (Wildman–Crippen LogP) is 3.43. The summed E-state index contributed by atoms with van der Waals surface area (Å²) in [5.74, 6) is 1.05. The van der Waals surface area contributed by atoms with Crippen LogP contribution in [0.25, 0.3) is 22.5 Å². The molecule has 0 unspecified atom stereocenters. The third-order valence-corrected chi connectivity index (χ3v) is 3.27. The number of nitrogens with zero attached hydrogens (tertiary/aromatic N) is 2. The first-order valence-corrected chi connectivity index (χ1v) is 7.27. The van der Waals surface area contributed by atoms with Crippen molar-refractivity contribution in [3.8, 4) is 17.2 Å². The molecule has 2 heterocycles. The fourth-order valence-corrected chi connectivity index (χ4v) is 2.06. The largest absolute Gasteiger partial charge is 0.494 e. The second-order valence-corrected chi connectivity index (χ2v) is 4.91. The van der Waals surface area contributed by atoms with Gasteiger partial charge in [-0.3, -0.25) is 0 Å². The number of pyridine rings is 1. The van der Waals surface area contributed by atoms with Crippen molar-refractivity contribution in [3.63, 3.8) is 0 Å². The van der Waals surface area contributed by atoms with E-state index in [0.717, 1.165) is 18.6 Å². The molecule has 5 nitrogen and oxygen atoms in total. The SMILES string of the molecule is CCCCOc1ccc(-c2nc3ncccc3c(=O)o2)cc1. The summed E-state index contributed by atoms with van der Waals surface area (Å²) in [5.41, 5.74) is 0.667. The van der Waals surface area contributed by atoms with Crippen molar-refractivity contribution in [2.24, 2.45) is 0 Å². The summed E-state index contributed by atoms with van der Waals surface area (Å²) in [6, 6.07) is 10.7. The molecule has 0 aliphatic rings. The van der Waals surface area contributed by atoms with E-state index in [2.05, 4.69) is 16.9 Å². The fraction of sp³-hybridized carbons (Fsp3) is 0.235. The lowest BCUT2D eigenvalue weighted by atomic mass is 10.2. The molecule has 0 bridgehead atoms. The van der Waals surface area contributed by atoms with Gasteiger partial charge in [-0.15, -0.1) is 0 Å². The topological polar surface area (TPSA) is 65.2 Å². The van der Waals surface area contributed by atoms with Gasteiger partial charge >= 0.3 is 5.63 Å². The first kappa shape index (κ1) is 14.3. The Morgan fingerprint density at radius 1 is 1.18 bits per heavy atom. The Bertz CT molecular complexity index is 825. The van der Waals surface area contributed by atoms with Gasteiger partial charge < -0.3 is 9.15 Å². The van der Waals surface area contributed by atoms with Gasteiger partial charge in [0.25, 0.3) is 0 Å². The monoisotopic (exact) mass is 296 g/mol. The molecule has 0 aliphatic carbocycles. The van der Waals surface area contributed by atoms with Crippen molar-refractivity contribution in [2.45, 2.75) is 19.8 Å². The molecule has 0 amide bonds. The van der Waals surface area contributed by atoms with E-state index in [1.54, 1.807) is 18.3 Å². The van der Waals surface area contributed by atoms with Gasteiger partial charge in [-0.25, -0.2) is 9.78 Å². The number of hydrogen-bond acceptors (Lipinski definition) is 5. The zero-order chi connectivity index (χ0) is 15.4. The number of ether oxygens (including phenoxy) is 1. The first-order chi connectivity index (χ1) is 10.8. The number of hydrogen-bond donors (Lipinski definition) is 0. The van der Waals surface area contributed by atoms with Crippen LogP contribution in [-0.2, 0) is 0 Å². The molecular formula is C17H16N2O3.